The second-order valence-electron chi connectivity index (χ2n) is 7.04. The Morgan fingerprint density at radius 1 is 0.862 bits per heavy atom. The summed E-state index contributed by atoms with van der Waals surface area (Å²) < 4.78 is 0. The number of amides is 2. The molecular formula is C23H24N4O2. The molecule has 0 saturated carbocycles. The van der Waals surface area contributed by atoms with Crippen molar-refractivity contribution in [1.82, 2.24) is 4.98 Å². The fraction of sp³-hybridized carbons (Fsp3) is 0.174. The second-order valence-corrected chi connectivity index (χ2v) is 7.04. The third-order valence-corrected chi connectivity index (χ3v) is 4.33. The highest BCUT2D eigenvalue weighted by Gasteiger charge is 2.12. The molecule has 0 aliphatic rings. The third-order valence-electron chi connectivity index (χ3n) is 4.33. The Labute approximate surface area is 170 Å². The van der Waals surface area contributed by atoms with Crippen molar-refractivity contribution >= 4 is 34.6 Å². The Morgan fingerprint density at radius 3 is 2.24 bits per heavy atom. The predicted molar refractivity (Wildman–Crippen MR) is 117 cm³/mol. The molecule has 6 nitrogen and oxygen atoms in total. The second kappa shape index (κ2) is 9.01. The Morgan fingerprint density at radius 2 is 1.55 bits per heavy atom. The highest BCUT2D eigenvalue weighted by atomic mass is 16.2. The Balaban J connectivity index is 1.72. The van der Waals surface area contributed by atoms with Crippen molar-refractivity contribution in [3.05, 3.63) is 78.1 Å². The molecule has 0 aliphatic carbocycles. The van der Waals surface area contributed by atoms with Gasteiger partial charge in [-0.15, -0.1) is 0 Å². The summed E-state index contributed by atoms with van der Waals surface area (Å²) in [6.45, 7) is 5.65. The van der Waals surface area contributed by atoms with Crippen LogP contribution in [0.4, 0.5) is 22.7 Å². The number of hydrogen-bond acceptors (Lipinski definition) is 4. The van der Waals surface area contributed by atoms with Crippen LogP contribution in [0.1, 0.15) is 42.6 Å². The molecule has 2 aromatic carbocycles. The van der Waals surface area contributed by atoms with E-state index in [0.29, 0.717) is 17.2 Å². The summed E-state index contributed by atoms with van der Waals surface area (Å²) in [5, 5.41) is 8.92. The lowest BCUT2D eigenvalue weighted by Gasteiger charge is -2.14. The van der Waals surface area contributed by atoms with Crippen LogP contribution in [-0.2, 0) is 4.79 Å². The largest absolute Gasteiger partial charge is 0.354 e. The molecule has 0 spiro atoms. The van der Waals surface area contributed by atoms with Crippen LogP contribution in [0.3, 0.4) is 0 Å². The van der Waals surface area contributed by atoms with E-state index < -0.39 is 0 Å². The number of nitrogens with one attached hydrogen (secondary N) is 3. The number of para-hydroxylation sites is 1. The molecule has 1 aromatic heterocycles. The topological polar surface area (TPSA) is 83.1 Å². The first-order valence-electron chi connectivity index (χ1n) is 9.42. The van der Waals surface area contributed by atoms with Crippen molar-refractivity contribution in [2.45, 2.75) is 26.7 Å². The maximum Gasteiger partial charge on any atom is 0.257 e. The van der Waals surface area contributed by atoms with Gasteiger partial charge in [0.15, 0.2) is 0 Å². The van der Waals surface area contributed by atoms with Crippen LogP contribution in [0.5, 0.6) is 0 Å². The maximum absolute atomic E-state index is 12.7. The molecule has 0 unspecified atom stereocenters. The molecule has 3 aromatic rings. The van der Waals surface area contributed by atoms with Gasteiger partial charge in [-0.25, -0.2) is 0 Å². The monoisotopic (exact) mass is 388 g/mol. The van der Waals surface area contributed by atoms with E-state index in [1.54, 1.807) is 30.6 Å². The first kappa shape index (κ1) is 20.1. The number of carbonyl (C=O) groups is 2. The van der Waals surface area contributed by atoms with Crippen LogP contribution in [0.25, 0.3) is 0 Å². The van der Waals surface area contributed by atoms with Crippen molar-refractivity contribution in [1.29, 1.82) is 0 Å². The van der Waals surface area contributed by atoms with Gasteiger partial charge in [-0.05, 0) is 47.9 Å². The highest BCUT2D eigenvalue weighted by Crippen LogP contribution is 2.25. The van der Waals surface area contributed by atoms with Gasteiger partial charge < -0.3 is 16.0 Å². The summed E-state index contributed by atoms with van der Waals surface area (Å²) in [6, 6.07) is 16.8. The molecule has 0 radical (unpaired) electrons. The summed E-state index contributed by atoms with van der Waals surface area (Å²) in [6.07, 6.45) is 3.19. The molecule has 2 amide bonds. The average molecular weight is 388 g/mol. The van der Waals surface area contributed by atoms with E-state index in [1.807, 2.05) is 36.4 Å². The first-order valence-corrected chi connectivity index (χ1v) is 9.42. The Bertz CT molecular complexity index is 1010. The molecule has 1 heterocycles. The predicted octanol–water partition coefficient (Wildman–Crippen LogP) is 5.16. The van der Waals surface area contributed by atoms with E-state index in [-0.39, 0.29) is 11.8 Å². The van der Waals surface area contributed by atoms with Gasteiger partial charge in [-0.3, -0.25) is 14.6 Å². The zero-order valence-electron chi connectivity index (χ0n) is 16.7. The lowest BCUT2D eigenvalue weighted by molar-refractivity contribution is -0.114. The van der Waals surface area contributed by atoms with Gasteiger partial charge in [0.25, 0.3) is 5.91 Å². The summed E-state index contributed by atoms with van der Waals surface area (Å²) in [4.78, 5) is 28.0. The number of anilines is 4. The van der Waals surface area contributed by atoms with Crippen molar-refractivity contribution in [2.75, 3.05) is 16.0 Å². The quantitative estimate of drug-likeness (QED) is 0.545. The van der Waals surface area contributed by atoms with Crippen molar-refractivity contribution in [2.24, 2.45) is 0 Å². The first-order chi connectivity index (χ1) is 13.9. The smallest absolute Gasteiger partial charge is 0.257 e. The lowest BCUT2D eigenvalue weighted by atomic mass is 10.0. The van der Waals surface area contributed by atoms with Crippen LogP contribution in [0.15, 0.2) is 67.0 Å². The lowest BCUT2D eigenvalue weighted by Crippen LogP contribution is -2.14. The van der Waals surface area contributed by atoms with Crippen LogP contribution in [0.2, 0.25) is 0 Å². The van der Waals surface area contributed by atoms with Gasteiger partial charge in [0.2, 0.25) is 5.91 Å². The standard InChI is InChI=1S/C23H24N4O2/c1-15(2)21-6-4-5-7-22(21)27-23(29)17-12-20(14-24-13-17)26-19-10-8-18(9-11-19)25-16(3)28/h4-15,26H,1-3H3,(H,25,28)(H,27,29). The number of nitrogens with zero attached hydrogens (tertiary/aromatic N) is 1. The number of rotatable bonds is 6. The van der Waals surface area contributed by atoms with Gasteiger partial charge in [-0.2, -0.15) is 0 Å². The van der Waals surface area contributed by atoms with E-state index in [1.165, 1.54) is 6.92 Å². The molecule has 0 bridgehead atoms. The minimum atomic E-state index is -0.213. The molecule has 0 aliphatic heterocycles. The van der Waals surface area contributed by atoms with Crippen LogP contribution < -0.4 is 16.0 Å². The fourth-order valence-corrected chi connectivity index (χ4v) is 2.95. The minimum Gasteiger partial charge on any atom is -0.354 e. The maximum atomic E-state index is 12.7. The molecule has 3 rings (SSSR count). The third kappa shape index (κ3) is 5.42. The SMILES string of the molecule is CC(=O)Nc1ccc(Nc2cncc(C(=O)Nc3ccccc3C(C)C)c2)cc1. The van der Waals surface area contributed by atoms with E-state index in [2.05, 4.69) is 34.8 Å². The Kier molecular flexibility index (Phi) is 6.24. The van der Waals surface area contributed by atoms with Gasteiger partial charge in [0.05, 0.1) is 17.4 Å². The molecule has 3 N–H and O–H groups in total. The van der Waals surface area contributed by atoms with Crippen LogP contribution >= 0.6 is 0 Å². The number of benzene rings is 2. The Hall–Kier alpha value is -3.67. The number of carbonyl (C=O) groups excluding carboxylic acids is 2. The summed E-state index contributed by atoms with van der Waals surface area (Å²) in [5.74, 6) is -0.0268. The fourth-order valence-electron chi connectivity index (χ4n) is 2.95. The number of hydrogen-bond donors (Lipinski definition) is 3. The van der Waals surface area contributed by atoms with E-state index in [0.717, 1.165) is 22.6 Å². The van der Waals surface area contributed by atoms with Gasteiger partial charge >= 0.3 is 0 Å². The van der Waals surface area contributed by atoms with Gasteiger partial charge in [0.1, 0.15) is 0 Å². The zero-order valence-corrected chi connectivity index (χ0v) is 16.7. The van der Waals surface area contributed by atoms with E-state index in [4.69, 9.17) is 0 Å². The summed E-state index contributed by atoms with van der Waals surface area (Å²) in [5.41, 5.74) is 4.59. The summed E-state index contributed by atoms with van der Waals surface area (Å²) >= 11 is 0. The molecule has 0 fully saturated rings. The van der Waals surface area contributed by atoms with Gasteiger partial charge in [0, 0.05) is 30.2 Å². The van der Waals surface area contributed by atoms with Crippen molar-refractivity contribution < 1.29 is 9.59 Å². The van der Waals surface area contributed by atoms with Crippen LogP contribution in [0, 0.1) is 0 Å². The normalized spacial score (nSPS) is 10.5. The molecule has 29 heavy (non-hydrogen) atoms. The van der Waals surface area contributed by atoms with E-state index >= 15 is 0 Å². The molecule has 148 valence electrons. The summed E-state index contributed by atoms with van der Waals surface area (Å²) in [7, 11) is 0. The van der Waals surface area contributed by atoms with Crippen molar-refractivity contribution in [3.63, 3.8) is 0 Å². The number of aromatic nitrogens is 1. The van der Waals surface area contributed by atoms with Gasteiger partial charge in [-0.1, -0.05) is 32.0 Å². The van der Waals surface area contributed by atoms with Crippen molar-refractivity contribution in [3.8, 4) is 0 Å². The molecule has 6 heteroatoms. The zero-order chi connectivity index (χ0) is 20.8. The average Bonchev–Trinajstić information content (AvgIpc) is 2.69. The molecule has 0 saturated heterocycles. The molecular weight excluding hydrogens is 364 g/mol. The molecule has 0 atom stereocenters. The van der Waals surface area contributed by atoms with E-state index in [9.17, 15) is 9.59 Å². The highest BCUT2D eigenvalue weighted by molar-refractivity contribution is 6.05. The minimum absolute atomic E-state index is 0.118. The number of pyridine rings is 1. The van der Waals surface area contributed by atoms with Crippen LogP contribution in [-0.4, -0.2) is 16.8 Å².